The summed E-state index contributed by atoms with van der Waals surface area (Å²) in [5.74, 6) is 0.744. The monoisotopic (exact) mass is 371 g/mol. The molecule has 0 fully saturated rings. The number of aryl methyl sites for hydroxylation is 1. The molecule has 3 heteroatoms. The molecular formula is C25H25NO2. The molecule has 142 valence electrons. The molecule has 0 unspecified atom stereocenters. The minimum Gasteiger partial charge on any atom is -0.497 e. The lowest BCUT2D eigenvalue weighted by Crippen LogP contribution is -2.31. The van der Waals surface area contributed by atoms with E-state index in [-0.39, 0.29) is 5.91 Å². The van der Waals surface area contributed by atoms with Gasteiger partial charge in [0, 0.05) is 17.8 Å². The topological polar surface area (TPSA) is 29.5 Å². The standard InChI is InChI=1S/C25H25NO2/c1-3-20-11-13-22(14-12-20)25(27)26(23-15-17-24(28-2)18-16-23)19-7-10-21-8-5-4-6-9-21/h4-18H,3,19H2,1-2H3/b10-7+. The van der Waals surface area contributed by atoms with Crippen molar-refractivity contribution in [3.63, 3.8) is 0 Å². The van der Waals surface area contributed by atoms with Gasteiger partial charge in [-0.05, 0) is 53.9 Å². The summed E-state index contributed by atoms with van der Waals surface area (Å²) in [6.07, 6.45) is 5.00. The number of amides is 1. The Labute approximate surface area is 166 Å². The Kier molecular flexibility index (Phi) is 6.64. The highest BCUT2D eigenvalue weighted by Gasteiger charge is 2.16. The highest BCUT2D eigenvalue weighted by molar-refractivity contribution is 6.06. The highest BCUT2D eigenvalue weighted by atomic mass is 16.5. The fraction of sp³-hybridized carbons (Fsp3) is 0.160. The summed E-state index contributed by atoms with van der Waals surface area (Å²) in [6, 6.07) is 25.5. The third-order valence-electron chi connectivity index (χ3n) is 4.64. The zero-order chi connectivity index (χ0) is 19.8. The SMILES string of the molecule is CCc1ccc(C(=O)N(C/C=C/c2ccccc2)c2ccc(OC)cc2)cc1. The molecule has 3 aromatic rings. The molecule has 1 amide bonds. The molecule has 0 aliphatic rings. The summed E-state index contributed by atoms with van der Waals surface area (Å²) in [7, 11) is 1.63. The Morgan fingerprint density at radius 1 is 0.929 bits per heavy atom. The first kappa shape index (κ1) is 19.4. The second-order valence-electron chi connectivity index (χ2n) is 6.48. The van der Waals surface area contributed by atoms with E-state index in [0.29, 0.717) is 12.1 Å². The third-order valence-corrected chi connectivity index (χ3v) is 4.64. The van der Waals surface area contributed by atoms with Crippen LogP contribution >= 0.6 is 0 Å². The Balaban J connectivity index is 1.85. The Morgan fingerprint density at radius 2 is 1.61 bits per heavy atom. The lowest BCUT2D eigenvalue weighted by Gasteiger charge is -2.22. The number of methoxy groups -OCH3 is 1. The van der Waals surface area contributed by atoms with Crippen molar-refractivity contribution in [2.75, 3.05) is 18.6 Å². The molecule has 0 aliphatic carbocycles. The highest BCUT2D eigenvalue weighted by Crippen LogP contribution is 2.22. The van der Waals surface area contributed by atoms with E-state index in [4.69, 9.17) is 4.74 Å². The van der Waals surface area contributed by atoms with Gasteiger partial charge in [-0.1, -0.05) is 61.5 Å². The van der Waals surface area contributed by atoms with E-state index in [1.54, 1.807) is 12.0 Å². The molecule has 0 radical (unpaired) electrons. The first-order valence-electron chi connectivity index (χ1n) is 9.47. The number of carbonyl (C=O) groups excluding carboxylic acids is 1. The van der Waals surface area contributed by atoms with Gasteiger partial charge in [-0.2, -0.15) is 0 Å². The molecule has 0 spiro atoms. The van der Waals surface area contributed by atoms with Gasteiger partial charge in [-0.3, -0.25) is 4.79 Å². The zero-order valence-corrected chi connectivity index (χ0v) is 16.3. The maximum atomic E-state index is 13.2. The second kappa shape index (κ2) is 9.56. The lowest BCUT2D eigenvalue weighted by molar-refractivity contribution is 0.0989. The molecule has 0 saturated heterocycles. The van der Waals surface area contributed by atoms with E-state index >= 15 is 0 Å². The van der Waals surface area contributed by atoms with Gasteiger partial charge in [0.05, 0.1) is 7.11 Å². The molecule has 0 saturated carbocycles. The largest absolute Gasteiger partial charge is 0.497 e. The Hall–Kier alpha value is -3.33. The molecule has 0 aromatic heterocycles. The van der Waals surface area contributed by atoms with Crippen molar-refractivity contribution in [3.8, 4) is 5.75 Å². The van der Waals surface area contributed by atoms with Crippen LogP contribution in [0.5, 0.6) is 5.75 Å². The Bertz CT molecular complexity index is 913. The summed E-state index contributed by atoms with van der Waals surface area (Å²) in [5, 5.41) is 0. The molecule has 0 heterocycles. The molecule has 3 rings (SSSR count). The summed E-state index contributed by atoms with van der Waals surface area (Å²) >= 11 is 0. The molecule has 28 heavy (non-hydrogen) atoms. The van der Waals surface area contributed by atoms with E-state index in [9.17, 15) is 4.79 Å². The van der Waals surface area contributed by atoms with Crippen LogP contribution in [0.15, 0.2) is 84.9 Å². The van der Waals surface area contributed by atoms with Gasteiger partial charge in [0.1, 0.15) is 5.75 Å². The maximum absolute atomic E-state index is 13.2. The third kappa shape index (κ3) is 4.89. The molecule has 0 bridgehead atoms. The van der Waals surface area contributed by atoms with Gasteiger partial charge in [0.25, 0.3) is 5.91 Å². The minimum absolute atomic E-state index is 0.0227. The average molecular weight is 371 g/mol. The van der Waals surface area contributed by atoms with Crippen LogP contribution in [0.3, 0.4) is 0 Å². The van der Waals surface area contributed by atoms with Crippen molar-refractivity contribution >= 4 is 17.7 Å². The van der Waals surface area contributed by atoms with Gasteiger partial charge >= 0.3 is 0 Å². The van der Waals surface area contributed by atoms with Crippen LogP contribution in [0, 0.1) is 0 Å². The fourth-order valence-electron chi connectivity index (χ4n) is 2.96. The minimum atomic E-state index is -0.0227. The van der Waals surface area contributed by atoms with Crippen LogP contribution in [-0.4, -0.2) is 19.6 Å². The summed E-state index contributed by atoms with van der Waals surface area (Å²) in [4.78, 5) is 15.0. The first-order chi connectivity index (χ1) is 13.7. The van der Waals surface area contributed by atoms with Crippen LogP contribution in [0.1, 0.15) is 28.4 Å². The van der Waals surface area contributed by atoms with Crippen LogP contribution in [-0.2, 0) is 6.42 Å². The van der Waals surface area contributed by atoms with Gasteiger partial charge in [0.15, 0.2) is 0 Å². The maximum Gasteiger partial charge on any atom is 0.258 e. The van der Waals surface area contributed by atoms with Gasteiger partial charge in [-0.25, -0.2) is 0 Å². The lowest BCUT2D eigenvalue weighted by atomic mass is 10.1. The van der Waals surface area contributed by atoms with E-state index in [1.165, 1.54) is 5.56 Å². The number of carbonyl (C=O) groups is 1. The number of anilines is 1. The molecular weight excluding hydrogens is 346 g/mol. The number of rotatable bonds is 7. The first-order valence-corrected chi connectivity index (χ1v) is 9.47. The van der Waals surface area contributed by atoms with Gasteiger partial charge in [-0.15, -0.1) is 0 Å². The van der Waals surface area contributed by atoms with Crippen LogP contribution in [0.2, 0.25) is 0 Å². The number of hydrogen-bond donors (Lipinski definition) is 0. The van der Waals surface area contributed by atoms with E-state index in [1.807, 2.05) is 91.0 Å². The second-order valence-corrected chi connectivity index (χ2v) is 6.48. The summed E-state index contributed by atoms with van der Waals surface area (Å²) in [6.45, 7) is 2.59. The number of ether oxygens (including phenoxy) is 1. The smallest absolute Gasteiger partial charge is 0.258 e. The molecule has 0 atom stereocenters. The normalized spacial score (nSPS) is 10.8. The number of benzene rings is 3. The predicted molar refractivity (Wildman–Crippen MR) is 116 cm³/mol. The summed E-state index contributed by atoms with van der Waals surface area (Å²) in [5.41, 5.74) is 3.85. The molecule has 3 nitrogen and oxygen atoms in total. The van der Waals surface area contributed by atoms with Crippen molar-refractivity contribution in [2.24, 2.45) is 0 Å². The Morgan fingerprint density at radius 3 is 2.21 bits per heavy atom. The van der Waals surface area contributed by atoms with Crippen LogP contribution in [0.25, 0.3) is 6.08 Å². The predicted octanol–water partition coefficient (Wildman–Crippen LogP) is 5.62. The van der Waals surface area contributed by atoms with Crippen molar-refractivity contribution in [1.82, 2.24) is 0 Å². The molecule has 0 N–H and O–H groups in total. The average Bonchev–Trinajstić information content (AvgIpc) is 2.77. The quantitative estimate of drug-likeness (QED) is 0.540. The van der Waals surface area contributed by atoms with E-state index in [2.05, 4.69) is 6.92 Å². The summed E-state index contributed by atoms with van der Waals surface area (Å²) < 4.78 is 5.24. The van der Waals surface area contributed by atoms with Crippen molar-refractivity contribution in [2.45, 2.75) is 13.3 Å². The van der Waals surface area contributed by atoms with Crippen LogP contribution in [0.4, 0.5) is 5.69 Å². The zero-order valence-electron chi connectivity index (χ0n) is 16.3. The van der Waals surface area contributed by atoms with Gasteiger partial charge < -0.3 is 9.64 Å². The number of nitrogens with zero attached hydrogens (tertiary/aromatic N) is 1. The number of hydrogen-bond acceptors (Lipinski definition) is 2. The van der Waals surface area contributed by atoms with E-state index < -0.39 is 0 Å². The van der Waals surface area contributed by atoms with Crippen molar-refractivity contribution in [3.05, 3.63) is 102 Å². The molecule has 0 aliphatic heterocycles. The van der Waals surface area contributed by atoms with Gasteiger partial charge in [0.2, 0.25) is 0 Å². The van der Waals surface area contributed by atoms with Crippen molar-refractivity contribution < 1.29 is 9.53 Å². The fourth-order valence-corrected chi connectivity index (χ4v) is 2.96. The van der Waals surface area contributed by atoms with E-state index in [0.717, 1.165) is 23.4 Å². The van der Waals surface area contributed by atoms with Crippen molar-refractivity contribution in [1.29, 1.82) is 0 Å². The van der Waals surface area contributed by atoms with Crippen LogP contribution < -0.4 is 9.64 Å². The molecule has 3 aromatic carbocycles.